The highest BCUT2D eigenvalue weighted by atomic mass is 16.6. The molecule has 1 aromatic rings. The van der Waals surface area contributed by atoms with Gasteiger partial charge in [-0.1, -0.05) is 0 Å². The van der Waals surface area contributed by atoms with Gasteiger partial charge in [0, 0.05) is 25.2 Å². The smallest absolute Gasteiger partial charge is 0.254 e. The van der Waals surface area contributed by atoms with Crippen molar-refractivity contribution < 1.29 is 14.3 Å². The third-order valence-corrected chi connectivity index (χ3v) is 3.42. The Bertz CT molecular complexity index is 468. The number of carbonyl (C=O) groups excluding carboxylic acids is 1. The lowest BCUT2D eigenvalue weighted by Crippen LogP contribution is -2.34. The summed E-state index contributed by atoms with van der Waals surface area (Å²) in [5.41, 5.74) is 0.672. The topological polar surface area (TPSA) is 50.8 Å². The number of amides is 1. The maximum absolute atomic E-state index is 12.4. The second kappa shape index (κ2) is 5.48. The van der Waals surface area contributed by atoms with E-state index in [9.17, 15) is 4.79 Å². The van der Waals surface area contributed by atoms with Gasteiger partial charge < -0.3 is 19.7 Å². The van der Waals surface area contributed by atoms with Crippen LogP contribution >= 0.6 is 0 Å². The number of benzene rings is 1. The Kier molecular flexibility index (Phi) is 3.55. The van der Waals surface area contributed by atoms with Crippen molar-refractivity contribution in [2.24, 2.45) is 0 Å². The minimum absolute atomic E-state index is 0.0701. The predicted octanol–water partition coefficient (Wildman–Crippen LogP) is 0.893. The first-order valence-electron chi connectivity index (χ1n) is 6.74. The number of nitrogens with zero attached hydrogens (tertiary/aromatic N) is 1. The van der Waals surface area contributed by atoms with Gasteiger partial charge in [0.2, 0.25) is 0 Å². The van der Waals surface area contributed by atoms with Crippen LogP contribution in [0.3, 0.4) is 0 Å². The molecule has 1 amide bonds. The minimum Gasteiger partial charge on any atom is -0.486 e. The summed E-state index contributed by atoms with van der Waals surface area (Å²) < 4.78 is 11.0. The van der Waals surface area contributed by atoms with E-state index in [0.29, 0.717) is 24.5 Å². The molecule has 1 N–H and O–H groups in total. The average Bonchev–Trinajstić information content (AvgIpc) is 2.75. The van der Waals surface area contributed by atoms with Crippen molar-refractivity contribution in [3.63, 3.8) is 0 Å². The molecule has 0 spiro atoms. The third-order valence-electron chi connectivity index (χ3n) is 3.42. The quantitative estimate of drug-likeness (QED) is 0.817. The van der Waals surface area contributed by atoms with Gasteiger partial charge in [-0.3, -0.25) is 4.79 Å². The second-order valence-corrected chi connectivity index (χ2v) is 4.75. The lowest BCUT2D eigenvalue weighted by Gasteiger charge is -2.22. The van der Waals surface area contributed by atoms with Gasteiger partial charge in [-0.05, 0) is 31.2 Å². The number of hydrogen-bond donors (Lipinski definition) is 1. The Morgan fingerprint density at radius 3 is 2.84 bits per heavy atom. The Morgan fingerprint density at radius 1 is 1.11 bits per heavy atom. The number of fused-ring (bicyclic) bond motifs is 1. The van der Waals surface area contributed by atoms with Gasteiger partial charge in [-0.25, -0.2) is 0 Å². The van der Waals surface area contributed by atoms with E-state index in [1.807, 2.05) is 17.0 Å². The van der Waals surface area contributed by atoms with Gasteiger partial charge in [0.25, 0.3) is 5.91 Å². The molecule has 0 atom stereocenters. The van der Waals surface area contributed by atoms with Gasteiger partial charge in [0.1, 0.15) is 13.2 Å². The molecule has 2 aliphatic heterocycles. The summed E-state index contributed by atoms with van der Waals surface area (Å²) in [6.45, 7) is 4.51. The van der Waals surface area contributed by atoms with E-state index in [2.05, 4.69) is 5.32 Å². The summed E-state index contributed by atoms with van der Waals surface area (Å²) in [6.07, 6.45) is 0.996. The normalized spacial score (nSPS) is 18.8. The van der Waals surface area contributed by atoms with Gasteiger partial charge in [-0.2, -0.15) is 0 Å². The van der Waals surface area contributed by atoms with Crippen LogP contribution in [0.15, 0.2) is 18.2 Å². The molecule has 0 aromatic heterocycles. The molecule has 102 valence electrons. The zero-order valence-corrected chi connectivity index (χ0v) is 10.9. The van der Waals surface area contributed by atoms with Crippen molar-refractivity contribution in [2.75, 3.05) is 39.4 Å². The van der Waals surface area contributed by atoms with Crippen molar-refractivity contribution >= 4 is 5.91 Å². The van der Waals surface area contributed by atoms with E-state index in [1.165, 1.54) is 0 Å². The highest BCUT2D eigenvalue weighted by Crippen LogP contribution is 2.31. The molecule has 0 bridgehead atoms. The van der Waals surface area contributed by atoms with E-state index in [4.69, 9.17) is 9.47 Å². The highest BCUT2D eigenvalue weighted by molar-refractivity contribution is 5.95. The van der Waals surface area contributed by atoms with E-state index < -0.39 is 0 Å². The molecule has 0 saturated carbocycles. The van der Waals surface area contributed by atoms with Crippen LogP contribution in [0.2, 0.25) is 0 Å². The number of nitrogens with one attached hydrogen (secondary N) is 1. The molecule has 0 aliphatic carbocycles. The third kappa shape index (κ3) is 2.66. The minimum atomic E-state index is 0.0701. The molecule has 19 heavy (non-hydrogen) atoms. The first-order chi connectivity index (χ1) is 9.34. The van der Waals surface area contributed by atoms with Gasteiger partial charge in [0.15, 0.2) is 11.5 Å². The van der Waals surface area contributed by atoms with E-state index in [0.717, 1.165) is 38.3 Å². The van der Waals surface area contributed by atoms with Crippen LogP contribution in [-0.2, 0) is 0 Å². The Hall–Kier alpha value is -1.75. The first-order valence-corrected chi connectivity index (χ1v) is 6.74. The summed E-state index contributed by atoms with van der Waals surface area (Å²) in [4.78, 5) is 14.3. The lowest BCUT2D eigenvalue weighted by atomic mass is 10.1. The molecule has 2 aliphatic rings. The fourth-order valence-corrected chi connectivity index (χ4v) is 2.41. The van der Waals surface area contributed by atoms with E-state index in [-0.39, 0.29) is 5.91 Å². The zero-order valence-electron chi connectivity index (χ0n) is 10.9. The van der Waals surface area contributed by atoms with Crippen LogP contribution in [0.4, 0.5) is 0 Å². The molecular formula is C14H18N2O3. The van der Waals surface area contributed by atoms with Crippen LogP contribution in [0.25, 0.3) is 0 Å². The molecule has 0 unspecified atom stereocenters. The van der Waals surface area contributed by atoms with E-state index >= 15 is 0 Å². The molecule has 1 aromatic carbocycles. The fraction of sp³-hybridized carbons (Fsp3) is 0.500. The first kappa shape index (κ1) is 12.3. The molecular weight excluding hydrogens is 244 g/mol. The van der Waals surface area contributed by atoms with Crippen molar-refractivity contribution in [1.82, 2.24) is 10.2 Å². The SMILES string of the molecule is O=C(c1ccc2c(c1)OCCO2)N1CCCNCC1. The summed E-state index contributed by atoms with van der Waals surface area (Å²) in [6, 6.07) is 5.42. The predicted molar refractivity (Wildman–Crippen MR) is 70.8 cm³/mol. The Labute approximate surface area is 112 Å². The summed E-state index contributed by atoms with van der Waals surface area (Å²) in [5.74, 6) is 1.46. The van der Waals surface area contributed by atoms with Crippen molar-refractivity contribution in [3.05, 3.63) is 23.8 Å². The van der Waals surface area contributed by atoms with Crippen molar-refractivity contribution in [3.8, 4) is 11.5 Å². The van der Waals surface area contributed by atoms with Crippen LogP contribution in [-0.4, -0.2) is 50.2 Å². The summed E-state index contributed by atoms with van der Waals surface area (Å²) in [7, 11) is 0. The van der Waals surface area contributed by atoms with Crippen molar-refractivity contribution in [2.45, 2.75) is 6.42 Å². The maximum atomic E-state index is 12.4. The Balaban J connectivity index is 1.78. The molecule has 1 fully saturated rings. The van der Waals surface area contributed by atoms with Gasteiger partial charge >= 0.3 is 0 Å². The molecule has 3 rings (SSSR count). The number of carbonyl (C=O) groups is 1. The monoisotopic (exact) mass is 262 g/mol. The zero-order chi connectivity index (χ0) is 13.1. The molecule has 1 saturated heterocycles. The van der Waals surface area contributed by atoms with E-state index in [1.54, 1.807) is 6.07 Å². The van der Waals surface area contributed by atoms with Crippen molar-refractivity contribution in [1.29, 1.82) is 0 Å². The molecule has 5 nitrogen and oxygen atoms in total. The molecule has 5 heteroatoms. The Morgan fingerprint density at radius 2 is 1.95 bits per heavy atom. The highest BCUT2D eigenvalue weighted by Gasteiger charge is 2.20. The molecule has 0 radical (unpaired) electrons. The number of rotatable bonds is 1. The number of hydrogen-bond acceptors (Lipinski definition) is 4. The fourth-order valence-electron chi connectivity index (χ4n) is 2.41. The second-order valence-electron chi connectivity index (χ2n) is 4.75. The largest absolute Gasteiger partial charge is 0.486 e. The summed E-state index contributed by atoms with van der Waals surface area (Å²) in [5, 5.41) is 3.29. The summed E-state index contributed by atoms with van der Waals surface area (Å²) >= 11 is 0. The standard InChI is InChI=1S/C14H18N2O3/c17-14(16-6-1-4-15-5-7-16)11-2-3-12-13(10-11)19-9-8-18-12/h2-3,10,15H,1,4-9H2. The van der Waals surface area contributed by atoms with Crippen LogP contribution in [0.5, 0.6) is 11.5 Å². The van der Waals surface area contributed by atoms with Crippen LogP contribution in [0, 0.1) is 0 Å². The molecule has 2 heterocycles. The van der Waals surface area contributed by atoms with Gasteiger partial charge in [-0.15, -0.1) is 0 Å². The average molecular weight is 262 g/mol. The van der Waals surface area contributed by atoms with Gasteiger partial charge in [0.05, 0.1) is 0 Å². The maximum Gasteiger partial charge on any atom is 0.254 e. The van der Waals surface area contributed by atoms with Crippen LogP contribution < -0.4 is 14.8 Å². The number of ether oxygens (including phenoxy) is 2. The van der Waals surface area contributed by atoms with Crippen LogP contribution in [0.1, 0.15) is 16.8 Å². The lowest BCUT2D eigenvalue weighted by molar-refractivity contribution is 0.0765.